The summed E-state index contributed by atoms with van der Waals surface area (Å²) in [7, 11) is 0. The molecule has 0 amide bonds. The first-order chi connectivity index (χ1) is 17.3. The van der Waals surface area contributed by atoms with Crippen molar-refractivity contribution in [3.63, 3.8) is 0 Å². The smallest absolute Gasteiger partial charge is 0.0619 e. The van der Waals surface area contributed by atoms with E-state index in [1.165, 1.54) is 18.2 Å². The predicted molar refractivity (Wildman–Crippen MR) is 110 cm³/mol. The van der Waals surface area contributed by atoms with Crippen molar-refractivity contribution in [2.24, 2.45) is 0 Å². The molecule has 4 aromatic rings. The van der Waals surface area contributed by atoms with Crippen LogP contribution in [-0.2, 0) is 5.41 Å². The summed E-state index contributed by atoms with van der Waals surface area (Å²) in [5, 5.41) is 0. The Hall–Kier alpha value is -2.64. The average molecular weight is 406 g/mol. The lowest BCUT2D eigenvalue weighted by molar-refractivity contribution is 0.793. The van der Waals surface area contributed by atoms with Gasteiger partial charge in [-0.25, -0.2) is 0 Å². The van der Waals surface area contributed by atoms with E-state index in [9.17, 15) is 0 Å². The van der Waals surface area contributed by atoms with Gasteiger partial charge in [0.25, 0.3) is 0 Å². The predicted octanol–water partition coefficient (Wildman–Crippen LogP) is 6.79. The van der Waals surface area contributed by atoms with E-state index >= 15 is 0 Å². The van der Waals surface area contributed by atoms with Crippen LogP contribution < -0.4 is 0 Å². The highest BCUT2D eigenvalue weighted by atomic mass is 79.9. The summed E-state index contributed by atoms with van der Waals surface area (Å²) >= 11 is 3.35. The molecule has 0 aromatic heterocycles. The largest absolute Gasteiger partial charge is 0.0725 e. The molecule has 4 aromatic carbocycles. The Labute approximate surface area is 176 Å². The Morgan fingerprint density at radius 2 is 1.04 bits per heavy atom. The van der Waals surface area contributed by atoms with Gasteiger partial charge in [0.1, 0.15) is 0 Å². The lowest BCUT2D eigenvalue weighted by Crippen LogP contribution is -2.25. The first kappa shape index (κ1) is 7.54. The Balaban J connectivity index is 1.98. The van der Waals surface area contributed by atoms with E-state index in [0.29, 0.717) is 22.3 Å². The first-order valence-electron chi connectivity index (χ1n) is 13.5. The fourth-order valence-corrected chi connectivity index (χ4v) is 4.63. The van der Waals surface area contributed by atoms with E-state index in [4.69, 9.17) is 15.1 Å². The van der Waals surface area contributed by atoms with Crippen molar-refractivity contribution in [3.05, 3.63) is 117 Å². The second-order valence-electron chi connectivity index (χ2n) is 6.26. The maximum Gasteiger partial charge on any atom is 0.0725 e. The number of benzene rings is 4. The van der Waals surface area contributed by atoms with E-state index in [2.05, 4.69) is 15.9 Å². The fourth-order valence-electron chi connectivity index (χ4n) is 4.31. The van der Waals surface area contributed by atoms with Gasteiger partial charge in [0.15, 0.2) is 0 Å². The number of halogens is 1. The lowest BCUT2D eigenvalue weighted by Gasteiger charge is -2.30. The van der Waals surface area contributed by atoms with Gasteiger partial charge in [0.2, 0.25) is 0 Å². The molecule has 1 spiro atoms. The van der Waals surface area contributed by atoms with Gasteiger partial charge in [-0.05, 0) is 56.6 Å². The summed E-state index contributed by atoms with van der Waals surface area (Å²) < 4.78 is 93.9. The molecule has 2 aliphatic carbocycles. The maximum atomic E-state index is 8.80. The molecule has 0 heterocycles. The maximum absolute atomic E-state index is 8.80. The van der Waals surface area contributed by atoms with Crippen LogP contribution in [0.15, 0.2) is 95.2 Å². The molecule has 26 heavy (non-hydrogen) atoms. The van der Waals surface area contributed by atoms with E-state index in [1.54, 1.807) is 6.07 Å². The number of hydrogen-bond acceptors (Lipinski definition) is 0. The Bertz CT molecular complexity index is 1500. The SMILES string of the molecule is [2H]c1cc2c(c([2H])c1[2H])-c1c(cc([2H])c([2H])c1[2H])C21c2cc([2H])c([2H])c([2H])c2-c2c1cc(Br)c([2H])c2[2H]. The van der Waals surface area contributed by atoms with Gasteiger partial charge in [-0.15, -0.1) is 0 Å². The molecule has 6 rings (SSSR count). The molecule has 0 atom stereocenters. The molecule has 0 radical (unpaired) electrons. The third kappa shape index (κ3) is 1.56. The number of rotatable bonds is 0. The molecule has 0 unspecified atom stereocenters. The van der Waals surface area contributed by atoms with Crippen molar-refractivity contribution in [1.29, 1.82) is 0 Å². The zero-order valence-electron chi connectivity index (χ0n) is 24.2. The van der Waals surface area contributed by atoms with Crippen LogP contribution in [0.1, 0.15) is 37.3 Å². The van der Waals surface area contributed by atoms with E-state index in [1.807, 2.05) is 0 Å². The molecule has 0 fully saturated rings. The molecule has 122 valence electrons. The third-order valence-corrected chi connectivity index (χ3v) is 5.63. The minimum atomic E-state index is -1.49. The van der Waals surface area contributed by atoms with Crippen LogP contribution in [0, 0.1) is 0 Å². The first-order valence-corrected chi connectivity index (χ1v) is 8.79. The normalized spacial score (nSPS) is 20.6. The molecule has 2 aliphatic rings. The highest BCUT2D eigenvalue weighted by molar-refractivity contribution is 9.10. The second-order valence-corrected chi connectivity index (χ2v) is 7.12. The van der Waals surface area contributed by atoms with Crippen LogP contribution in [-0.4, -0.2) is 0 Å². The zero-order chi connectivity index (χ0) is 26.9. The van der Waals surface area contributed by atoms with Gasteiger partial charge in [-0.2, -0.15) is 0 Å². The molecular weight excluding hydrogens is 380 g/mol. The van der Waals surface area contributed by atoms with Gasteiger partial charge in [-0.1, -0.05) is 94.6 Å². The molecule has 0 aliphatic heterocycles. The van der Waals surface area contributed by atoms with Gasteiger partial charge < -0.3 is 0 Å². The van der Waals surface area contributed by atoms with E-state index < -0.39 is 5.41 Å². The van der Waals surface area contributed by atoms with Gasteiger partial charge in [0, 0.05) is 4.47 Å². The average Bonchev–Trinajstić information content (AvgIpc) is 3.29. The summed E-state index contributed by atoms with van der Waals surface area (Å²) in [6, 6.07) is 2.61. The summed E-state index contributed by atoms with van der Waals surface area (Å²) in [6.07, 6.45) is 0. The molecule has 0 nitrogen and oxygen atoms in total. The molecule has 0 N–H and O–H groups in total. The standard InChI is InChI=1S/C25H15Br/c26-16-13-14-20-19-9-3-6-12-23(19)25(24(20)15-16)21-10-4-1-7-17(21)18-8-2-5-11-22(18)25/h1-15H/i1D,2D,3D,4D,5D,6D,7D,8D,9D,13D,14D. The number of fused-ring (bicyclic) bond motifs is 10. The second kappa shape index (κ2) is 4.96. The molecule has 0 bridgehead atoms. The number of hydrogen-bond donors (Lipinski definition) is 0. The van der Waals surface area contributed by atoms with Gasteiger partial charge in [0.05, 0.1) is 20.5 Å². The van der Waals surface area contributed by atoms with Crippen molar-refractivity contribution in [2.75, 3.05) is 0 Å². The molecule has 0 saturated heterocycles. The van der Waals surface area contributed by atoms with Gasteiger partial charge >= 0.3 is 0 Å². The van der Waals surface area contributed by atoms with Crippen LogP contribution in [0.3, 0.4) is 0 Å². The minimum Gasteiger partial charge on any atom is -0.0619 e. The molecule has 1 heteroatoms. The summed E-state index contributed by atoms with van der Waals surface area (Å²) in [5.74, 6) is 0. The summed E-state index contributed by atoms with van der Waals surface area (Å²) in [5.41, 5.74) is 0.509. The van der Waals surface area contributed by atoms with Crippen LogP contribution in [0.2, 0.25) is 0 Å². The Morgan fingerprint density at radius 1 is 0.577 bits per heavy atom. The third-order valence-electron chi connectivity index (χ3n) is 5.20. The van der Waals surface area contributed by atoms with E-state index in [0.717, 1.165) is 0 Å². The highest BCUT2D eigenvalue weighted by Crippen LogP contribution is 2.62. The van der Waals surface area contributed by atoms with E-state index in [-0.39, 0.29) is 93.2 Å². The van der Waals surface area contributed by atoms with Gasteiger partial charge in [-0.3, -0.25) is 0 Å². The highest BCUT2D eigenvalue weighted by Gasteiger charge is 2.51. The van der Waals surface area contributed by atoms with Crippen molar-refractivity contribution in [1.82, 2.24) is 0 Å². The van der Waals surface area contributed by atoms with Crippen molar-refractivity contribution in [3.8, 4) is 22.3 Å². The van der Waals surface area contributed by atoms with Crippen LogP contribution in [0.4, 0.5) is 0 Å². The molecular formula is C25H15Br. The van der Waals surface area contributed by atoms with Crippen molar-refractivity contribution in [2.45, 2.75) is 5.41 Å². The quantitative estimate of drug-likeness (QED) is 0.260. The minimum absolute atomic E-state index is 0.145. The molecule has 0 saturated carbocycles. The Morgan fingerprint density at radius 3 is 1.54 bits per heavy atom. The monoisotopic (exact) mass is 405 g/mol. The van der Waals surface area contributed by atoms with Crippen molar-refractivity contribution < 1.29 is 15.1 Å². The van der Waals surface area contributed by atoms with Crippen molar-refractivity contribution >= 4 is 15.9 Å². The van der Waals surface area contributed by atoms with Crippen LogP contribution in [0.25, 0.3) is 22.3 Å². The van der Waals surface area contributed by atoms with Crippen LogP contribution >= 0.6 is 15.9 Å². The fraction of sp³-hybridized carbons (Fsp3) is 0.0400. The van der Waals surface area contributed by atoms with Crippen LogP contribution in [0.5, 0.6) is 0 Å². The zero-order valence-corrected chi connectivity index (χ0v) is 14.8. The summed E-state index contributed by atoms with van der Waals surface area (Å²) in [6.45, 7) is 0. The lowest BCUT2D eigenvalue weighted by atomic mass is 9.70. The summed E-state index contributed by atoms with van der Waals surface area (Å²) in [4.78, 5) is 0. The Kier molecular flexibility index (Phi) is 1.44. The topological polar surface area (TPSA) is 0 Å².